The standard InChI is InChI=1S/C30H33N5O3/c1-22(12-13-31)32-19-27(18-28-29(36)30(37)34-21-33-28)26-10-8-24(9-11-26)3-2-23-4-6-25(7-5-23)20-35-14-16-38-17-15-35/h4-11,21-22,27,32,36H,12,14-20H2,1H3,(H,33,34,37)/t22-,27-/m1/s1. The first-order valence-corrected chi connectivity index (χ1v) is 12.9. The van der Waals surface area contributed by atoms with Gasteiger partial charge in [-0.15, -0.1) is 0 Å². The van der Waals surface area contributed by atoms with E-state index in [1.165, 1.54) is 11.9 Å². The zero-order valence-corrected chi connectivity index (χ0v) is 21.6. The van der Waals surface area contributed by atoms with Gasteiger partial charge in [0.25, 0.3) is 5.56 Å². The first-order valence-electron chi connectivity index (χ1n) is 12.9. The highest BCUT2D eigenvalue weighted by molar-refractivity contribution is 5.44. The van der Waals surface area contributed by atoms with Crippen LogP contribution >= 0.6 is 0 Å². The number of hydrogen-bond donors (Lipinski definition) is 3. The molecule has 0 amide bonds. The lowest BCUT2D eigenvalue weighted by Crippen LogP contribution is -2.35. The van der Waals surface area contributed by atoms with Crippen LogP contribution in [0.5, 0.6) is 5.75 Å². The molecule has 0 unspecified atom stereocenters. The van der Waals surface area contributed by atoms with Crippen molar-refractivity contribution in [3.05, 3.63) is 93.2 Å². The number of aromatic hydroxyl groups is 1. The van der Waals surface area contributed by atoms with Gasteiger partial charge in [-0.3, -0.25) is 9.69 Å². The van der Waals surface area contributed by atoms with Crippen LogP contribution in [0.1, 0.15) is 47.2 Å². The normalized spacial score (nSPS) is 15.2. The van der Waals surface area contributed by atoms with E-state index in [0.29, 0.717) is 25.1 Å². The summed E-state index contributed by atoms with van der Waals surface area (Å²) in [5.41, 5.74) is 3.94. The van der Waals surface area contributed by atoms with Crippen LogP contribution in [0.3, 0.4) is 0 Å². The maximum atomic E-state index is 11.8. The molecule has 1 aliphatic heterocycles. The zero-order chi connectivity index (χ0) is 26.7. The van der Waals surface area contributed by atoms with Crippen LogP contribution in [0.15, 0.2) is 59.7 Å². The Hall–Kier alpha value is -3.95. The highest BCUT2D eigenvalue weighted by Crippen LogP contribution is 2.23. The van der Waals surface area contributed by atoms with Gasteiger partial charge in [-0.25, -0.2) is 4.98 Å². The summed E-state index contributed by atoms with van der Waals surface area (Å²) in [5, 5.41) is 22.5. The van der Waals surface area contributed by atoms with Crippen molar-refractivity contribution in [3.8, 4) is 23.7 Å². The van der Waals surface area contributed by atoms with Gasteiger partial charge in [0.2, 0.25) is 5.75 Å². The van der Waals surface area contributed by atoms with Crippen molar-refractivity contribution in [3.63, 3.8) is 0 Å². The molecule has 2 aromatic carbocycles. The average molecular weight is 512 g/mol. The Morgan fingerprint density at radius 3 is 2.42 bits per heavy atom. The van der Waals surface area contributed by atoms with E-state index < -0.39 is 5.56 Å². The molecule has 2 heterocycles. The Kier molecular flexibility index (Phi) is 9.66. The summed E-state index contributed by atoms with van der Waals surface area (Å²) >= 11 is 0. The molecule has 0 aliphatic carbocycles. The van der Waals surface area contributed by atoms with E-state index in [1.54, 1.807) is 0 Å². The van der Waals surface area contributed by atoms with E-state index in [9.17, 15) is 9.90 Å². The topological polar surface area (TPSA) is 114 Å². The summed E-state index contributed by atoms with van der Waals surface area (Å²) in [6, 6.07) is 18.6. The Morgan fingerprint density at radius 2 is 1.76 bits per heavy atom. The van der Waals surface area contributed by atoms with Crippen molar-refractivity contribution < 1.29 is 9.84 Å². The number of ether oxygens (including phenoxy) is 1. The molecule has 8 heteroatoms. The highest BCUT2D eigenvalue weighted by atomic mass is 16.5. The summed E-state index contributed by atoms with van der Waals surface area (Å²) < 4.78 is 5.42. The maximum absolute atomic E-state index is 11.8. The van der Waals surface area contributed by atoms with Gasteiger partial charge in [-0.2, -0.15) is 5.26 Å². The van der Waals surface area contributed by atoms with E-state index >= 15 is 0 Å². The second kappa shape index (κ2) is 13.6. The minimum absolute atomic E-state index is 0.0219. The van der Waals surface area contributed by atoms with Crippen molar-refractivity contribution in [2.24, 2.45) is 0 Å². The molecule has 38 heavy (non-hydrogen) atoms. The molecular weight excluding hydrogens is 478 g/mol. The van der Waals surface area contributed by atoms with Gasteiger partial charge in [-0.1, -0.05) is 36.1 Å². The van der Waals surface area contributed by atoms with Crippen LogP contribution in [0.4, 0.5) is 0 Å². The third-order valence-electron chi connectivity index (χ3n) is 6.65. The molecule has 0 bridgehead atoms. The van der Waals surface area contributed by atoms with E-state index in [4.69, 9.17) is 10.00 Å². The summed E-state index contributed by atoms with van der Waals surface area (Å²) in [5.74, 6) is 6.06. The van der Waals surface area contributed by atoms with Crippen molar-refractivity contribution in [1.29, 1.82) is 5.26 Å². The summed E-state index contributed by atoms with van der Waals surface area (Å²) in [6.07, 6.45) is 2.07. The predicted octanol–water partition coefficient (Wildman–Crippen LogP) is 2.93. The molecule has 4 rings (SSSR count). The lowest BCUT2D eigenvalue weighted by Gasteiger charge is -2.26. The number of benzene rings is 2. The van der Waals surface area contributed by atoms with Gasteiger partial charge in [0.05, 0.1) is 37.7 Å². The maximum Gasteiger partial charge on any atom is 0.293 e. The van der Waals surface area contributed by atoms with Crippen molar-refractivity contribution in [2.75, 3.05) is 32.8 Å². The first kappa shape index (κ1) is 27.1. The van der Waals surface area contributed by atoms with Gasteiger partial charge in [0, 0.05) is 55.7 Å². The number of nitriles is 1. The molecule has 0 spiro atoms. The second-order valence-corrected chi connectivity index (χ2v) is 9.56. The molecular formula is C30H33N5O3. The molecule has 196 valence electrons. The monoisotopic (exact) mass is 511 g/mol. The second-order valence-electron chi connectivity index (χ2n) is 9.56. The minimum atomic E-state index is -0.556. The molecule has 1 saturated heterocycles. The Bertz CT molecular complexity index is 1340. The molecule has 0 saturated carbocycles. The van der Waals surface area contributed by atoms with Crippen LogP contribution in [0, 0.1) is 23.2 Å². The Morgan fingerprint density at radius 1 is 1.11 bits per heavy atom. The molecule has 1 fully saturated rings. The number of aromatic nitrogens is 2. The largest absolute Gasteiger partial charge is 0.502 e. The number of aromatic amines is 1. The smallest absolute Gasteiger partial charge is 0.293 e. The molecule has 1 aliphatic rings. The van der Waals surface area contributed by atoms with Crippen LogP contribution in [0.25, 0.3) is 0 Å². The van der Waals surface area contributed by atoms with E-state index in [2.05, 4.69) is 62.4 Å². The van der Waals surface area contributed by atoms with Crippen LogP contribution in [-0.2, 0) is 17.7 Å². The van der Waals surface area contributed by atoms with Gasteiger partial charge < -0.3 is 20.1 Å². The predicted molar refractivity (Wildman–Crippen MR) is 146 cm³/mol. The number of morpholine rings is 1. The lowest BCUT2D eigenvalue weighted by atomic mass is 9.92. The molecule has 0 radical (unpaired) electrons. The first-order chi connectivity index (χ1) is 18.5. The molecule has 8 nitrogen and oxygen atoms in total. The SMILES string of the molecule is C[C@H](CC#N)NC[C@@H](Cc1nc[nH]c(=O)c1O)c1ccc(C#Cc2ccc(CN3CCOCC3)cc2)cc1. The zero-order valence-electron chi connectivity index (χ0n) is 21.6. The number of hydrogen-bond acceptors (Lipinski definition) is 7. The fourth-order valence-corrected chi connectivity index (χ4v) is 4.37. The van der Waals surface area contributed by atoms with Crippen molar-refractivity contribution >= 4 is 0 Å². The number of nitrogens with one attached hydrogen (secondary N) is 2. The Labute approximate surface area is 223 Å². The fourth-order valence-electron chi connectivity index (χ4n) is 4.37. The quantitative estimate of drug-likeness (QED) is 0.379. The summed E-state index contributed by atoms with van der Waals surface area (Å²) in [6.45, 7) is 6.98. The number of H-pyrrole nitrogens is 1. The van der Waals surface area contributed by atoms with Gasteiger partial charge in [0.15, 0.2) is 0 Å². The van der Waals surface area contributed by atoms with E-state index in [0.717, 1.165) is 49.5 Å². The lowest BCUT2D eigenvalue weighted by molar-refractivity contribution is 0.0342. The van der Waals surface area contributed by atoms with Crippen LogP contribution < -0.4 is 10.9 Å². The van der Waals surface area contributed by atoms with Gasteiger partial charge in [0.1, 0.15) is 0 Å². The van der Waals surface area contributed by atoms with Crippen molar-refractivity contribution in [2.45, 2.75) is 38.3 Å². The molecule has 1 aromatic heterocycles. The number of rotatable bonds is 9. The molecule has 3 aromatic rings. The molecule has 2 atom stereocenters. The van der Waals surface area contributed by atoms with Crippen LogP contribution in [-0.4, -0.2) is 58.9 Å². The third-order valence-corrected chi connectivity index (χ3v) is 6.65. The Balaban J connectivity index is 1.43. The third kappa shape index (κ3) is 7.77. The summed E-state index contributed by atoms with van der Waals surface area (Å²) in [7, 11) is 0. The average Bonchev–Trinajstić information content (AvgIpc) is 2.94. The van der Waals surface area contributed by atoms with Crippen molar-refractivity contribution in [1.82, 2.24) is 20.2 Å². The van der Waals surface area contributed by atoms with E-state index in [1.807, 2.05) is 31.2 Å². The summed E-state index contributed by atoms with van der Waals surface area (Å²) in [4.78, 5) is 20.8. The minimum Gasteiger partial charge on any atom is -0.502 e. The van der Waals surface area contributed by atoms with E-state index in [-0.39, 0.29) is 17.7 Å². The fraction of sp³-hybridized carbons (Fsp3) is 0.367. The number of nitrogens with zero attached hydrogens (tertiary/aromatic N) is 3. The van der Waals surface area contributed by atoms with Gasteiger partial charge >= 0.3 is 0 Å². The highest BCUT2D eigenvalue weighted by Gasteiger charge is 2.18. The van der Waals surface area contributed by atoms with Gasteiger partial charge in [-0.05, 0) is 42.3 Å². The van der Waals surface area contributed by atoms with Crippen LogP contribution in [0.2, 0.25) is 0 Å². The molecule has 3 N–H and O–H groups in total.